The van der Waals surface area contributed by atoms with E-state index in [-0.39, 0.29) is 27.7 Å². The van der Waals surface area contributed by atoms with Crippen LogP contribution >= 0.6 is 11.6 Å². The van der Waals surface area contributed by atoms with Crippen LogP contribution in [0.1, 0.15) is 17.2 Å². The standard InChI is InChI=1S/C29H29ClN4O5/c1-32-11-13-33(14-12-32)19-6-8-20(9-7-19)34-26(18-5-4-10-31-17-18)25(28(36)29(34)37)27(35)21-15-24(39-3)22(30)16-23(21)38-2/h4-10,15-17,26,35H,11-14H2,1-3H3/b27-25+. The summed E-state index contributed by atoms with van der Waals surface area (Å²) < 4.78 is 10.7. The second kappa shape index (κ2) is 11.0. The number of aliphatic hydroxyl groups excluding tert-OH is 1. The van der Waals surface area contributed by atoms with Crippen molar-refractivity contribution in [3.05, 3.63) is 82.6 Å². The fourth-order valence-electron chi connectivity index (χ4n) is 5.03. The van der Waals surface area contributed by atoms with Gasteiger partial charge in [0, 0.05) is 56.0 Å². The van der Waals surface area contributed by atoms with Crippen LogP contribution in [-0.2, 0) is 9.59 Å². The summed E-state index contributed by atoms with van der Waals surface area (Å²) in [6.45, 7) is 3.75. The van der Waals surface area contributed by atoms with E-state index in [9.17, 15) is 14.7 Å². The molecule has 2 fully saturated rings. The van der Waals surface area contributed by atoms with Crippen LogP contribution in [0, 0.1) is 0 Å². The van der Waals surface area contributed by atoms with Crippen LogP contribution in [0.15, 0.2) is 66.5 Å². The Morgan fingerprint density at radius 2 is 1.64 bits per heavy atom. The first-order valence-corrected chi connectivity index (χ1v) is 12.9. The number of anilines is 2. The summed E-state index contributed by atoms with van der Waals surface area (Å²) in [5.74, 6) is -1.46. The molecule has 1 unspecified atom stereocenters. The lowest BCUT2D eigenvalue weighted by Gasteiger charge is -2.34. The maximum absolute atomic E-state index is 13.5. The van der Waals surface area contributed by atoms with Crippen molar-refractivity contribution < 1.29 is 24.2 Å². The van der Waals surface area contributed by atoms with E-state index >= 15 is 0 Å². The first kappa shape index (κ1) is 26.5. The first-order valence-electron chi connectivity index (χ1n) is 12.5. The Balaban J connectivity index is 1.61. The molecule has 3 heterocycles. The van der Waals surface area contributed by atoms with Crippen LogP contribution in [-0.4, -0.2) is 74.1 Å². The fourth-order valence-corrected chi connectivity index (χ4v) is 5.26. The molecule has 3 aromatic rings. The maximum Gasteiger partial charge on any atom is 0.300 e. The van der Waals surface area contributed by atoms with Gasteiger partial charge in [-0.05, 0) is 49.0 Å². The van der Waals surface area contributed by atoms with Gasteiger partial charge in [-0.25, -0.2) is 0 Å². The highest BCUT2D eigenvalue weighted by Crippen LogP contribution is 2.44. The van der Waals surface area contributed by atoms with Crippen molar-refractivity contribution in [3.8, 4) is 11.5 Å². The Bertz CT molecular complexity index is 1420. The molecule has 2 saturated heterocycles. The summed E-state index contributed by atoms with van der Waals surface area (Å²) in [5.41, 5.74) is 2.24. The number of rotatable bonds is 6. The van der Waals surface area contributed by atoms with Crippen molar-refractivity contribution in [1.29, 1.82) is 0 Å². The van der Waals surface area contributed by atoms with E-state index in [1.165, 1.54) is 31.3 Å². The molecule has 0 radical (unpaired) electrons. The molecule has 0 spiro atoms. The molecular weight excluding hydrogens is 520 g/mol. The van der Waals surface area contributed by atoms with E-state index in [1.807, 2.05) is 24.3 Å². The van der Waals surface area contributed by atoms with Crippen molar-refractivity contribution in [3.63, 3.8) is 0 Å². The molecule has 2 aliphatic rings. The molecule has 1 aromatic heterocycles. The lowest BCUT2D eigenvalue weighted by molar-refractivity contribution is -0.132. The van der Waals surface area contributed by atoms with Gasteiger partial charge in [-0.15, -0.1) is 0 Å². The number of benzene rings is 2. The lowest BCUT2D eigenvalue weighted by atomic mass is 9.95. The van der Waals surface area contributed by atoms with Gasteiger partial charge in [-0.2, -0.15) is 0 Å². The topological polar surface area (TPSA) is 95.4 Å². The zero-order valence-corrected chi connectivity index (χ0v) is 22.7. The number of aliphatic hydroxyl groups is 1. The highest BCUT2D eigenvalue weighted by Gasteiger charge is 2.47. The minimum absolute atomic E-state index is 0.0844. The van der Waals surface area contributed by atoms with Crippen LogP contribution in [0.5, 0.6) is 11.5 Å². The number of methoxy groups -OCH3 is 2. The van der Waals surface area contributed by atoms with Crippen molar-refractivity contribution >= 4 is 40.4 Å². The number of aromatic nitrogens is 1. The molecule has 1 amide bonds. The Morgan fingerprint density at radius 3 is 2.26 bits per heavy atom. The van der Waals surface area contributed by atoms with Crippen molar-refractivity contribution in [2.45, 2.75) is 6.04 Å². The van der Waals surface area contributed by atoms with E-state index in [4.69, 9.17) is 21.1 Å². The van der Waals surface area contributed by atoms with Gasteiger partial charge < -0.3 is 24.4 Å². The van der Waals surface area contributed by atoms with E-state index in [2.05, 4.69) is 21.8 Å². The molecule has 1 N–H and O–H groups in total. The average Bonchev–Trinajstić information content (AvgIpc) is 3.23. The molecule has 2 aliphatic heterocycles. The summed E-state index contributed by atoms with van der Waals surface area (Å²) in [6, 6.07) is 13.1. The molecule has 39 heavy (non-hydrogen) atoms. The quantitative estimate of drug-likeness (QED) is 0.279. The number of ketones is 1. The summed E-state index contributed by atoms with van der Waals surface area (Å²) in [7, 11) is 4.97. The molecule has 202 valence electrons. The van der Waals surface area contributed by atoms with E-state index in [0.717, 1.165) is 31.9 Å². The van der Waals surface area contributed by atoms with Crippen LogP contribution in [0.4, 0.5) is 11.4 Å². The van der Waals surface area contributed by atoms with Gasteiger partial charge in [-0.3, -0.25) is 19.5 Å². The molecule has 0 bridgehead atoms. The Kier molecular flexibility index (Phi) is 7.45. The van der Waals surface area contributed by atoms with E-state index < -0.39 is 23.5 Å². The molecule has 2 aromatic carbocycles. The minimum atomic E-state index is -0.917. The summed E-state index contributed by atoms with van der Waals surface area (Å²) in [6.07, 6.45) is 3.18. The number of nitrogens with zero attached hydrogens (tertiary/aromatic N) is 4. The number of likely N-dealkylation sites (N-methyl/N-ethyl adjacent to an activating group) is 1. The highest BCUT2D eigenvalue weighted by molar-refractivity contribution is 6.51. The Morgan fingerprint density at radius 1 is 0.974 bits per heavy atom. The smallest absolute Gasteiger partial charge is 0.300 e. The van der Waals surface area contributed by atoms with Gasteiger partial charge in [-0.1, -0.05) is 17.7 Å². The molecule has 0 aliphatic carbocycles. The molecule has 5 rings (SSSR count). The van der Waals surface area contributed by atoms with Gasteiger partial charge in [0.05, 0.1) is 36.4 Å². The van der Waals surface area contributed by atoms with Crippen LogP contribution in [0.25, 0.3) is 5.76 Å². The molecule has 0 saturated carbocycles. The van der Waals surface area contributed by atoms with E-state index in [0.29, 0.717) is 11.3 Å². The van der Waals surface area contributed by atoms with E-state index in [1.54, 1.807) is 24.5 Å². The first-order chi connectivity index (χ1) is 18.8. The van der Waals surface area contributed by atoms with Crippen LogP contribution in [0.3, 0.4) is 0 Å². The third-order valence-electron chi connectivity index (χ3n) is 7.17. The van der Waals surface area contributed by atoms with Crippen LogP contribution < -0.4 is 19.3 Å². The van der Waals surface area contributed by atoms with Gasteiger partial charge in [0.1, 0.15) is 17.3 Å². The lowest BCUT2D eigenvalue weighted by Crippen LogP contribution is -2.44. The number of amides is 1. The fraction of sp³-hybridized carbons (Fsp3) is 0.276. The summed E-state index contributed by atoms with van der Waals surface area (Å²) in [4.78, 5) is 37.2. The number of carbonyl (C=O) groups is 2. The SMILES string of the molecule is COc1cc(/C(O)=C2\C(=O)C(=O)N(c3ccc(N4CCN(C)CC4)cc3)C2c2cccnc2)c(OC)cc1Cl. The number of ether oxygens (including phenoxy) is 2. The predicted molar refractivity (Wildman–Crippen MR) is 150 cm³/mol. The Hall–Kier alpha value is -4.08. The molecule has 9 nitrogen and oxygen atoms in total. The molecular formula is C29H29ClN4O5. The van der Waals surface area contributed by atoms with Gasteiger partial charge in [0.15, 0.2) is 0 Å². The number of hydrogen-bond acceptors (Lipinski definition) is 8. The number of Topliss-reactive ketones (excluding diaryl/α,β-unsaturated/α-hetero) is 1. The summed E-state index contributed by atoms with van der Waals surface area (Å²) in [5, 5.41) is 11.8. The predicted octanol–water partition coefficient (Wildman–Crippen LogP) is 4.13. The second-order valence-corrected chi connectivity index (χ2v) is 9.86. The monoisotopic (exact) mass is 548 g/mol. The van der Waals surface area contributed by atoms with Crippen molar-refractivity contribution in [2.75, 3.05) is 57.2 Å². The normalized spacial score (nSPS) is 19.4. The number of piperazine rings is 1. The van der Waals surface area contributed by atoms with Crippen molar-refractivity contribution in [2.24, 2.45) is 0 Å². The largest absolute Gasteiger partial charge is 0.507 e. The van der Waals surface area contributed by atoms with Gasteiger partial charge in [0.2, 0.25) is 0 Å². The number of carbonyl (C=O) groups excluding carboxylic acids is 2. The zero-order chi connectivity index (χ0) is 27.7. The van der Waals surface area contributed by atoms with Gasteiger partial charge >= 0.3 is 0 Å². The zero-order valence-electron chi connectivity index (χ0n) is 21.9. The third-order valence-corrected chi connectivity index (χ3v) is 7.47. The van der Waals surface area contributed by atoms with Gasteiger partial charge in [0.25, 0.3) is 11.7 Å². The number of hydrogen-bond donors (Lipinski definition) is 1. The number of halogens is 1. The highest BCUT2D eigenvalue weighted by atomic mass is 35.5. The third kappa shape index (κ3) is 4.91. The van der Waals surface area contributed by atoms with Crippen LogP contribution in [0.2, 0.25) is 5.02 Å². The Labute approximate surface area is 231 Å². The second-order valence-electron chi connectivity index (χ2n) is 9.45. The van der Waals surface area contributed by atoms with Crippen molar-refractivity contribution in [1.82, 2.24) is 9.88 Å². The maximum atomic E-state index is 13.5. The summed E-state index contributed by atoms with van der Waals surface area (Å²) >= 11 is 6.25. The number of pyridine rings is 1. The molecule has 10 heteroatoms. The molecule has 1 atom stereocenters. The minimum Gasteiger partial charge on any atom is -0.507 e. The average molecular weight is 549 g/mol.